The van der Waals surface area contributed by atoms with Gasteiger partial charge in [-0.2, -0.15) is 0 Å². The maximum atomic E-state index is 12.8. The van der Waals surface area contributed by atoms with Crippen LogP contribution < -0.4 is 0 Å². The molecular weight excluding hydrogens is 330 g/mol. The average Bonchev–Trinajstić information content (AvgIpc) is 2.61. The molecule has 0 aromatic heterocycles. The van der Waals surface area contributed by atoms with Crippen LogP contribution in [0.2, 0.25) is 0 Å². The van der Waals surface area contributed by atoms with Crippen molar-refractivity contribution in [2.24, 2.45) is 33.7 Å². The quantitative estimate of drug-likeness (QED) is 0.261. The summed E-state index contributed by atoms with van der Waals surface area (Å²) in [4.78, 5) is 12.8. The van der Waals surface area contributed by atoms with E-state index in [4.69, 9.17) is 9.94 Å². The Balaban J connectivity index is 1.94. The van der Waals surface area contributed by atoms with Crippen molar-refractivity contribution in [2.75, 3.05) is 6.61 Å². The van der Waals surface area contributed by atoms with E-state index in [9.17, 15) is 9.90 Å². The van der Waals surface area contributed by atoms with Gasteiger partial charge >= 0.3 is 5.97 Å². The number of aliphatic hydroxyl groups excluding tert-OH is 1. The van der Waals surface area contributed by atoms with Crippen LogP contribution in [-0.2, 0) is 9.53 Å². The molecule has 26 heavy (non-hydrogen) atoms. The SMILES string of the molecule is CCOC(=O)[C@@]1(C)CC[C@@H]2[C@H](CC=C3C[C@H](O)CC[C@@]32C)[C@@H]1C/C=N\O. The number of carbonyl (C=O) groups is 1. The maximum Gasteiger partial charge on any atom is 0.312 e. The van der Waals surface area contributed by atoms with Crippen LogP contribution in [0.4, 0.5) is 0 Å². The van der Waals surface area contributed by atoms with Gasteiger partial charge in [-0.15, -0.1) is 5.16 Å². The summed E-state index contributed by atoms with van der Waals surface area (Å²) in [7, 11) is 0. The van der Waals surface area contributed by atoms with Crippen molar-refractivity contribution in [3.8, 4) is 0 Å². The third-order valence-corrected chi connectivity index (χ3v) is 7.65. The average molecular weight is 363 g/mol. The Morgan fingerprint density at radius 3 is 2.85 bits per heavy atom. The Bertz CT molecular complexity index is 601. The largest absolute Gasteiger partial charge is 0.466 e. The molecule has 5 heteroatoms. The molecule has 0 radical (unpaired) electrons. The number of hydrogen-bond donors (Lipinski definition) is 2. The number of allylic oxidation sites excluding steroid dienone is 1. The van der Waals surface area contributed by atoms with Gasteiger partial charge in [-0.1, -0.05) is 18.6 Å². The second-order valence-corrected chi connectivity index (χ2v) is 8.87. The number of aliphatic hydroxyl groups is 1. The van der Waals surface area contributed by atoms with Crippen molar-refractivity contribution < 1.29 is 19.8 Å². The molecule has 3 rings (SSSR count). The first-order valence-corrected chi connectivity index (χ1v) is 10.1. The van der Waals surface area contributed by atoms with Crippen molar-refractivity contribution in [1.29, 1.82) is 0 Å². The van der Waals surface area contributed by atoms with Crippen molar-refractivity contribution >= 4 is 12.2 Å². The minimum absolute atomic E-state index is 0.109. The van der Waals surface area contributed by atoms with E-state index in [1.807, 2.05) is 13.8 Å². The van der Waals surface area contributed by atoms with Crippen LogP contribution >= 0.6 is 0 Å². The monoisotopic (exact) mass is 363 g/mol. The summed E-state index contributed by atoms with van der Waals surface area (Å²) in [6, 6.07) is 0. The van der Waals surface area contributed by atoms with Gasteiger partial charge in [-0.25, -0.2) is 0 Å². The first-order valence-electron chi connectivity index (χ1n) is 10.1. The van der Waals surface area contributed by atoms with E-state index in [-0.39, 0.29) is 23.4 Å². The normalized spacial score (nSPS) is 42.7. The number of oxime groups is 1. The van der Waals surface area contributed by atoms with E-state index in [1.54, 1.807) is 0 Å². The molecule has 2 fully saturated rings. The topological polar surface area (TPSA) is 79.1 Å². The highest BCUT2D eigenvalue weighted by Gasteiger charge is 2.57. The van der Waals surface area contributed by atoms with Crippen LogP contribution in [-0.4, -0.2) is 35.2 Å². The fourth-order valence-electron chi connectivity index (χ4n) is 6.11. The minimum Gasteiger partial charge on any atom is -0.466 e. The van der Waals surface area contributed by atoms with Crippen LogP contribution in [0.5, 0.6) is 0 Å². The molecule has 0 bridgehead atoms. The number of nitrogens with zero attached hydrogens (tertiary/aromatic N) is 1. The van der Waals surface area contributed by atoms with Gasteiger partial charge in [0.05, 0.1) is 18.1 Å². The molecule has 2 N–H and O–H groups in total. The molecule has 3 aliphatic carbocycles. The smallest absolute Gasteiger partial charge is 0.312 e. The van der Waals surface area contributed by atoms with Crippen LogP contribution in [0.3, 0.4) is 0 Å². The fourth-order valence-corrected chi connectivity index (χ4v) is 6.11. The van der Waals surface area contributed by atoms with Crippen LogP contribution in [0, 0.1) is 28.6 Å². The minimum atomic E-state index is -0.533. The zero-order valence-corrected chi connectivity index (χ0v) is 16.3. The van der Waals surface area contributed by atoms with E-state index in [0.717, 1.165) is 38.5 Å². The maximum absolute atomic E-state index is 12.8. The Morgan fingerprint density at radius 2 is 2.15 bits per heavy atom. The first kappa shape index (κ1) is 19.4. The Hall–Kier alpha value is -1.36. The molecule has 0 spiro atoms. The molecule has 0 unspecified atom stereocenters. The van der Waals surface area contributed by atoms with E-state index in [1.165, 1.54) is 11.8 Å². The van der Waals surface area contributed by atoms with Gasteiger partial charge in [0.2, 0.25) is 0 Å². The molecule has 5 nitrogen and oxygen atoms in total. The molecule has 6 atom stereocenters. The van der Waals surface area contributed by atoms with Crippen molar-refractivity contribution in [3.05, 3.63) is 11.6 Å². The predicted molar refractivity (Wildman–Crippen MR) is 100 cm³/mol. The van der Waals surface area contributed by atoms with Gasteiger partial charge in [-0.3, -0.25) is 4.79 Å². The zero-order valence-electron chi connectivity index (χ0n) is 16.3. The van der Waals surface area contributed by atoms with Crippen LogP contribution in [0.1, 0.15) is 65.7 Å². The number of fused-ring (bicyclic) bond motifs is 3. The predicted octanol–water partition coefficient (Wildman–Crippen LogP) is 3.93. The van der Waals surface area contributed by atoms with E-state index in [0.29, 0.717) is 24.9 Å². The molecule has 0 heterocycles. The third-order valence-electron chi connectivity index (χ3n) is 7.65. The standard InChI is InChI=1S/C21H33NO4/c1-4-26-19(24)21(3)11-8-17-16(18(21)9-12-22-25)6-5-14-13-15(23)7-10-20(14,17)2/h5,12,15-18,23,25H,4,6-11,13H2,1-3H3/b22-12-/t15-,16+,17-,18+,20+,21+/m1/s1. The lowest BCUT2D eigenvalue weighted by Gasteiger charge is -2.57. The summed E-state index contributed by atoms with van der Waals surface area (Å²) < 4.78 is 5.43. The molecule has 146 valence electrons. The third kappa shape index (κ3) is 3.08. The van der Waals surface area contributed by atoms with E-state index in [2.05, 4.69) is 18.2 Å². The number of rotatable bonds is 4. The fraction of sp³-hybridized carbons (Fsp3) is 0.810. The van der Waals surface area contributed by atoms with Crippen LogP contribution in [0.25, 0.3) is 0 Å². The molecule has 0 amide bonds. The molecule has 3 aliphatic rings. The molecular formula is C21H33NO4. The first-order chi connectivity index (χ1) is 12.4. The van der Waals surface area contributed by atoms with E-state index >= 15 is 0 Å². The van der Waals surface area contributed by atoms with Crippen molar-refractivity contribution in [2.45, 2.75) is 71.8 Å². The lowest BCUT2D eigenvalue weighted by atomic mass is 9.47. The summed E-state index contributed by atoms with van der Waals surface area (Å²) in [5, 5.41) is 22.3. The molecule has 0 saturated heterocycles. The van der Waals surface area contributed by atoms with Gasteiger partial charge in [0.1, 0.15) is 0 Å². The van der Waals surface area contributed by atoms with Gasteiger partial charge in [0, 0.05) is 6.21 Å². The molecule has 0 aromatic rings. The highest BCUT2D eigenvalue weighted by molar-refractivity contribution is 5.78. The number of carbonyl (C=O) groups excluding carboxylic acids is 1. The van der Waals surface area contributed by atoms with Gasteiger partial charge in [-0.05, 0) is 82.0 Å². The van der Waals surface area contributed by atoms with Gasteiger partial charge in [0.25, 0.3) is 0 Å². The lowest BCUT2D eigenvalue weighted by Crippen LogP contribution is -2.53. The Labute approximate surface area is 156 Å². The summed E-state index contributed by atoms with van der Waals surface area (Å²) in [5.74, 6) is 0.876. The van der Waals surface area contributed by atoms with E-state index < -0.39 is 5.41 Å². The Morgan fingerprint density at radius 1 is 1.38 bits per heavy atom. The highest BCUT2D eigenvalue weighted by atomic mass is 16.5. The van der Waals surface area contributed by atoms with Crippen molar-refractivity contribution in [1.82, 2.24) is 0 Å². The van der Waals surface area contributed by atoms with Gasteiger partial charge in [0.15, 0.2) is 0 Å². The van der Waals surface area contributed by atoms with Crippen molar-refractivity contribution in [3.63, 3.8) is 0 Å². The second kappa shape index (κ2) is 7.34. The second-order valence-electron chi connectivity index (χ2n) is 8.87. The lowest BCUT2D eigenvalue weighted by molar-refractivity contribution is -0.166. The molecule has 0 aromatic carbocycles. The number of ether oxygens (including phenoxy) is 1. The van der Waals surface area contributed by atoms with Gasteiger partial charge < -0.3 is 15.1 Å². The highest BCUT2D eigenvalue weighted by Crippen LogP contribution is 2.61. The zero-order chi connectivity index (χ0) is 18.9. The summed E-state index contributed by atoms with van der Waals surface area (Å²) in [5.41, 5.74) is 0.993. The summed E-state index contributed by atoms with van der Waals surface area (Å²) >= 11 is 0. The molecule has 0 aliphatic heterocycles. The van der Waals surface area contributed by atoms with Crippen LogP contribution in [0.15, 0.2) is 16.8 Å². The Kier molecular flexibility index (Phi) is 5.48. The molecule has 2 saturated carbocycles. The summed E-state index contributed by atoms with van der Waals surface area (Å²) in [6.45, 7) is 6.62. The summed E-state index contributed by atoms with van der Waals surface area (Å²) in [6.07, 6.45) is 9.65. The number of esters is 1. The number of hydrogen-bond acceptors (Lipinski definition) is 5.